The Hall–Kier alpha value is -0.410. The third kappa shape index (κ3) is 3.38. The highest BCUT2D eigenvalue weighted by molar-refractivity contribution is 7.09. The number of aromatic nitrogens is 1. The van der Waals surface area contributed by atoms with Crippen molar-refractivity contribution in [3.8, 4) is 0 Å². The van der Waals surface area contributed by atoms with E-state index < -0.39 is 0 Å². The highest BCUT2D eigenvalue weighted by Gasteiger charge is 2.40. The fourth-order valence-corrected chi connectivity index (χ4v) is 4.27. The molecule has 1 aliphatic rings. The standard InChI is InChI=1S/C16H28N2S/c1-5-9-17-16(15-18-13(4)11-19-15)8-6-7-14(10-16)12(2)3/h11-12,14,17H,5-10H2,1-4H3. The topological polar surface area (TPSA) is 24.9 Å². The van der Waals surface area contributed by atoms with Crippen molar-refractivity contribution in [3.05, 3.63) is 16.1 Å². The molecule has 1 aromatic rings. The lowest BCUT2D eigenvalue weighted by atomic mass is 9.72. The molecule has 1 heterocycles. The van der Waals surface area contributed by atoms with E-state index in [-0.39, 0.29) is 5.54 Å². The second kappa shape index (κ2) is 6.36. The molecule has 0 amide bonds. The fourth-order valence-electron chi connectivity index (χ4n) is 3.26. The molecule has 19 heavy (non-hydrogen) atoms. The van der Waals surface area contributed by atoms with E-state index in [1.165, 1.54) is 42.8 Å². The maximum atomic E-state index is 4.81. The van der Waals surface area contributed by atoms with Crippen LogP contribution in [0.1, 0.15) is 63.6 Å². The zero-order valence-corrected chi connectivity index (χ0v) is 13.6. The Morgan fingerprint density at radius 2 is 2.32 bits per heavy atom. The van der Waals surface area contributed by atoms with E-state index in [4.69, 9.17) is 4.98 Å². The maximum Gasteiger partial charge on any atom is 0.113 e. The molecule has 1 saturated carbocycles. The summed E-state index contributed by atoms with van der Waals surface area (Å²) in [6.07, 6.45) is 6.43. The molecular weight excluding hydrogens is 252 g/mol. The van der Waals surface area contributed by atoms with Gasteiger partial charge in [-0.15, -0.1) is 11.3 Å². The molecular formula is C16H28N2S. The first-order valence-electron chi connectivity index (χ1n) is 7.75. The average Bonchev–Trinajstić information content (AvgIpc) is 2.84. The van der Waals surface area contributed by atoms with Gasteiger partial charge in [0, 0.05) is 11.1 Å². The minimum atomic E-state index is 0.155. The highest BCUT2D eigenvalue weighted by Crippen LogP contribution is 2.43. The van der Waals surface area contributed by atoms with E-state index in [9.17, 15) is 0 Å². The predicted molar refractivity (Wildman–Crippen MR) is 83.6 cm³/mol. The van der Waals surface area contributed by atoms with E-state index in [0.717, 1.165) is 18.4 Å². The third-order valence-electron chi connectivity index (χ3n) is 4.47. The Morgan fingerprint density at radius 1 is 1.53 bits per heavy atom. The summed E-state index contributed by atoms with van der Waals surface area (Å²) in [6.45, 7) is 10.2. The van der Waals surface area contributed by atoms with Crippen LogP contribution in [0.15, 0.2) is 5.38 Å². The van der Waals surface area contributed by atoms with Crippen molar-refractivity contribution in [3.63, 3.8) is 0 Å². The molecule has 1 aromatic heterocycles. The van der Waals surface area contributed by atoms with E-state index in [2.05, 4.69) is 38.4 Å². The van der Waals surface area contributed by atoms with Crippen LogP contribution in [0.5, 0.6) is 0 Å². The van der Waals surface area contributed by atoms with E-state index >= 15 is 0 Å². The van der Waals surface area contributed by atoms with Gasteiger partial charge >= 0.3 is 0 Å². The van der Waals surface area contributed by atoms with Crippen LogP contribution in [0.3, 0.4) is 0 Å². The summed E-state index contributed by atoms with van der Waals surface area (Å²) in [5.74, 6) is 1.62. The van der Waals surface area contributed by atoms with Crippen LogP contribution < -0.4 is 5.32 Å². The summed E-state index contributed by atoms with van der Waals surface area (Å²) in [5.41, 5.74) is 1.33. The van der Waals surface area contributed by atoms with E-state index in [1.54, 1.807) is 0 Å². The number of thiazole rings is 1. The Balaban J connectivity index is 2.23. The number of nitrogens with one attached hydrogen (secondary N) is 1. The summed E-state index contributed by atoms with van der Waals surface area (Å²) in [4.78, 5) is 4.81. The molecule has 1 fully saturated rings. The molecule has 0 bridgehead atoms. The van der Waals surface area contributed by atoms with Crippen LogP contribution in [0.2, 0.25) is 0 Å². The molecule has 2 rings (SSSR count). The maximum absolute atomic E-state index is 4.81. The lowest BCUT2D eigenvalue weighted by Gasteiger charge is -2.42. The SMILES string of the molecule is CCCNC1(c2nc(C)cs2)CCCC(C(C)C)C1. The molecule has 1 N–H and O–H groups in total. The quantitative estimate of drug-likeness (QED) is 0.859. The normalized spacial score (nSPS) is 27.9. The predicted octanol–water partition coefficient (Wildman–Crippen LogP) is 4.49. The first-order chi connectivity index (χ1) is 9.07. The molecule has 1 aliphatic carbocycles. The molecule has 0 aromatic carbocycles. The zero-order chi connectivity index (χ0) is 13.9. The Labute approximate surface area is 122 Å². The summed E-state index contributed by atoms with van der Waals surface area (Å²) < 4.78 is 0. The molecule has 2 atom stereocenters. The van der Waals surface area contributed by atoms with E-state index in [0.29, 0.717) is 0 Å². The minimum Gasteiger partial charge on any atom is -0.305 e. The zero-order valence-electron chi connectivity index (χ0n) is 12.8. The number of aryl methyl sites for hydroxylation is 1. The van der Waals surface area contributed by atoms with Crippen LogP contribution in [0.25, 0.3) is 0 Å². The van der Waals surface area contributed by atoms with Gasteiger partial charge in [-0.05, 0) is 44.6 Å². The van der Waals surface area contributed by atoms with Crippen LogP contribution in [-0.4, -0.2) is 11.5 Å². The van der Waals surface area contributed by atoms with Crippen molar-refractivity contribution in [2.45, 2.75) is 65.3 Å². The lowest BCUT2D eigenvalue weighted by molar-refractivity contribution is 0.147. The van der Waals surface area contributed by atoms with Gasteiger partial charge in [-0.1, -0.05) is 33.6 Å². The van der Waals surface area contributed by atoms with Crippen molar-refractivity contribution in [1.82, 2.24) is 10.3 Å². The first-order valence-corrected chi connectivity index (χ1v) is 8.63. The summed E-state index contributed by atoms with van der Waals surface area (Å²) in [5, 5.41) is 7.37. The molecule has 2 unspecified atom stereocenters. The third-order valence-corrected chi connectivity index (χ3v) is 5.64. The van der Waals surface area contributed by atoms with Gasteiger partial charge in [0.2, 0.25) is 0 Å². The van der Waals surface area contributed by atoms with Crippen LogP contribution in [-0.2, 0) is 5.54 Å². The highest BCUT2D eigenvalue weighted by atomic mass is 32.1. The molecule has 2 nitrogen and oxygen atoms in total. The Kier molecular flexibility index (Phi) is 5.02. The van der Waals surface area contributed by atoms with Gasteiger partial charge in [-0.25, -0.2) is 4.98 Å². The van der Waals surface area contributed by atoms with E-state index in [1.807, 2.05) is 11.3 Å². The van der Waals surface area contributed by atoms with Crippen molar-refractivity contribution in [2.75, 3.05) is 6.54 Å². The minimum absolute atomic E-state index is 0.155. The Morgan fingerprint density at radius 3 is 2.89 bits per heavy atom. The second-order valence-corrected chi connectivity index (χ2v) is 7.26. The number of rotatable bonds is 5. The summed E-state index contributed by atoms with van der Waals surface area (Å²) in [6, 6.07) is 0. The summed E-state index contributed by atoms with van der Waals surface area (Å²) in [7, 11) is 0. The van der Waals surface area contributed by atoms with Crippen LogP contribution in [0.4, 0.5) is 0 Å². The molecule has 0 radical (unpaired) electrons. The average molecular weight is 280 g/mol. The smallest absolute Gasteiger partial charge is 0.113 e. The van der Waals surface area contributed by atoms with Gasteiger partial charge in [0.15, 0.2) is 0 Å². The van der Waals surface area contributed by atoms with Crippen molar-refractivity contribution in [1.29, 1.82) is 0 Å². The van der Waals surface area contributed by atoms with Gasteiger partial charge in [0.05, 0.1) is 5.54 Å². The Bertz CT molecular complexity index is 399. The van der Waals surface area contributed by atoms with Crippen molar-refractivity contribution in [2.24, 2.45) is 11.8 Å². The number of hydrogen-bond acceptors (Lipinski definition) is 3. The number of hydrogen-bond donors (Lipinski definition) is 1. The molecule has 0 aliphatic heterocycles. The molecule has 0 spiro atoms. The fraction of sp³-hybridized carbons (Fsp3) is 0.812. The van der Waals surface area contributed by atoms with Gasteiger partial charge in [0.1, 0.15) is 5.01 Å². The first kappa shape index (κ1) is 15.0. The van der Waals surface area contributed by atoms with Crippen LogP contribution in [0, 0.1) is 18.8 Å². The molecule has 108 valence electrons. The second-order valence-electron chi connectivity index (χ2n) is 6.40. The van der Waals surface area contributed by atoms with Gasteiger partial charge < -0.3 is 5.32 Å². The van der Waals surface area contributed by atoms with Gasteiger partial charge in [-0.2, -0.15) is 0 Å². The van der Waals surface area contributed by atoms with Gasteiger partial charge in [-0.3, -0.25) is 0 Å². The van der Waals surface area contributed by atoms with Crippen molar-refractivity contribution < 1.29 is 0 Å². The molecule has 0 saturated heterocycles. The lowest BCUT2D eigenvalue weighted by Crippen LogP contribution is -2.47. The van der Waals surface area contributed by atoms with Gasteiger partial charge in [0.25, 0.3) is 0 Å². The largest absolute Gasteiger partial charge is 0.305 e. The monoisotopic (exact) mass is 280 g/mol. The van der Waals surface area contributed by atoms with Crippen molar-refractivity contribution >= 4 is 11.3 Å². The summed E-state index contributed by atoms with van der Waals surface area (Å²) >= 11 is 1.85. The number of nitrogens with zero attached hydrogens (tertiary/aromatic N) is 1. The molecule has 3 heteroatoms. The van der Waals surface area contributed by atoms with Crippen LogP contribution >= 0.6 is 11.3 Å².